The molecule has 16 heavy (non-hydrogen) atoms. The van der Waals surface area contributed by atoms with Gasteiger partial charge in [0.25, 0.3) is 0 Å². The number of benzene rings is 1. The quantitative estimate of drug-likeness (QED) is 0.492. The maximum absolute atomic E-state index is 13.2. The highest BCUT2D eigenvalue weighted by Gasteiger charge is 2.06. The summed E-state index contributed by atoms with van der Waals surface area (Å²) < 4.78 is 24.3. The molecule has 0 saturated carbocycles. The number of nitrogens with two attached hydrogens (primary N) is 1. The van der Waals surface area contributed by atoms with Crippen molar-refractivity contribution >= 4 is 28.3 Å². The lowest BCUT2D eigenvalue weighted by molar-refractivity contribution is 0.101. The van der Waals surface area contributed by atoms with Crippen LogP contribution in [0.3, 0.4) is 0 Å². The van der Waals surface area contributed by atoms with Gasteiger partial charge in [-0.1, -0.05) is 6.92 Å². The molecule has 0 atom stereocenters. The molecule has 1 aromatic rings. The minimum atomic E-state index is -0.320. The van der Waals surface area contributed by atoms with Crippen molar-refractivity contribution in [3.8, 4) is 5.75 Å². The first kappa shape index (κ1) is 13.5. The van der Waals surface area contributed by atoms with Crippen molar-refractivity contribution < 1.29 is 13.9 Å². The van der Waals surface area contributed by atoms with E-state index < -0.39 is 0 Å². The van der Waals surface area contributed by atoms with Gasteiger partial charge in [-0.05, 0) is 35.1 Å². The molecule has 0 heterocycles. The number of anilines is 1. The Hall–Kier alpha value is -0.560. The van der Waals surface area contributed by atoms with Crippen LogP contribution in [0.2, 0.25) is 0 Å². The lowest BCUT2D eigenvalue weighted by Crippen LogP contribution is -2.08. The number of ether oxygens (including phenoxy) is 2. The van der Waals surface area contributed by atoms with Gasteiger partial charge >= 0.3 is 0 Å². The molecule has 3 nitrogen and oxygen atoms in total. The smallest absolute Gasteiger partial charge is 0.145 e. The Kier molecular flexibility index (Phi) is 5.83. The average Bonchev–Trinajstić information content (AvgIpc) is 2.25. The maximum atomic E-state index is 13.2. The molecule has 0 aliphatic rings. The highest BCUT2D eigenvalue weighted by molar-refractivity contribution is 14.1. The zero-order valence-corrected chi connectivity index (χ0v) is 11.3. The van der Waals surface area contributed by atoms with Gasteiger partial charge in [0.05, 0.1) is 15.9 Å². The van der Waals surface area contributed by atoms with Crippen LogP contribution >= 0.6 is 22.6 Å². The van der Waals surface area contributed by atoms with Gasteiger partial charge in [0.15, 0.2) is 0 Å². The van der Waals surface area contributed by atoms with E-state index in [4.69, 9.17) is 15.2 Å². The van der Waals surface area contributed by atoms with Crippen molar-refractivity contribution in [2.24, 2.45) is 0 Å². The van der Waals surface area contributed by atoms with E-state index in [2.05, 4.69) is 0 Å². The molecule has 0 spiro atoms. The SMILES string of the molecule is CCCOCCOc1cc(F)c(I)cc1N. The second-order valence-corrected chi connectivity index (χ2v) is 4.43. The number of hydrogen-bond acceptors (Lipinski definition) is 3. The first-order valence-corrected chi connectivity index (χ1v) is 6.18. The van der Waals surface area contributed by atoms with Crippen LogP contribution in [0.4, 0.5) is 10.1 Å². The maximum Gasteiger partial charge on any atom is 0.145 e. The van der Waals surface area contributed by atoms with Crippen molar-refractivity contribution in [1.29, 1.82) is 0 Å². The molecule has 0 aliphatic heterocycles. The topological polar surface area (TPSA) is 44.5 Å². The van der Waals surface area contributed by atoms with Gasteiger partial charge in [-0.25, -0.2) is 4.39 Å². The van der Waals surface area contributed by atoms with Gasteiger partial charge in [-0.3, -0.25) is 0 Å². The molecule has 0 unspecified atom stereocenters. The highest BCUT2D eigenvalue weighted by atomic mass is 127. The molecule has 5 heteroatoms. The molecule has 0 fully saturated rings. The van der Waals surface area contributed by atoms with Crippen molar-refractivity contribution in [3.63, 3.8) is 0 Å². The Bertz CT molecular complexity index is 347. The number of rotatable bonds is 6. The summed E-state index contributed by atoms with van der Waals surface area (Å²) in [4.78, 5) is 0. The standard InChI is InChI=1S/C11H15FINO2/c1-2-3-15-4-5-16-11-6-8(12)9(13)7-10(11)14/h6-7H,2-5,14H2,1H3. The van der Waals surface area contributed by atoms with Crippen LogP contribution in [-0.4, -0.2) is 19.8 Å². The molecule has 0 amide bonds. The minimum Gasteiger partial charge on any atom is -0.489 e. The largest absolute Gasteiger partial charge is 0.489 e. The van der Waals surface area contributed by atoms with Crippen LogP contribution in [0.1, 0.15) is 13.3 Å². The van der Waals surface area contributed by atoms with Gasteiger partial charge in [-0.2, -0.15) is 0 Å². The molecule has 2 N–H and O–H groups in total. The molecule has 90 valence electrons. The number of hydrogen-bond donors (Lipinski definition) is 1. The second-order valence-electron chi connectivity index (χ2n) is 3.26. The summed E-state index contributed by atoms with van der Waals surface area (Å²) in [5, 5.41) is 0. The first-order valence-electron chi connectivity index (χ1n) is 5.10. The van der Waals surface area contributed by atoms with Gasteiger partial charge in [0, 0.05) is 12.7 Å². The summed E-state index contributed by atoms with van der Waals surface area (Å²) >= 11 is 1.89. The fourth-order valence-electron chi connectivity index (χ4n) is 1.13. The second kappa shape index (κ2) is 6.90. The van der Waals surface area contributed by atoms with E-state index in [0.717, 1.165) is 6.42 Å². The van der Waals surface area contributed by atoms with Crippen LogP contribution in [0.5, 0.6) is 5.75 Å². The zero-order chi connectivity index (χ0) is 12.0. The number of halogens is 2. The molecule has 1 rings (SSSR count). The van der Waals surface area contributed by atoms with Gasteiger partial charge in [-0.15, -0.1) is 0 Å². The van der Waals surface area contributed by atoms with Gasteiger partial charge in [0.2, 0.25) is 0 Å². The Labute approximate surface area is 108 Å². The lowest BCUT2D eigenvalue weighted by Gasteiger charge is -2.09. The molecular weight excluding hydrogens is 324 g/mol. The summed E-state index contributed by atoms with van der Waals surface area (Å²) in [6.45, 7) is 3.61. The van der Waals surface area contributed by atoms with E-state index in [0.29, 0.717) is 34.8 Å². The van der Waals surface area contributed by atoms with Crippen molar-refractivity contribution in [2.45, 2.75) is 13.3 Å². The lowest BCUT2D eigenvalue weighted by atomic mass is 10.3. The summed E-state index contributed by atoms with van der Waals surface area (Å²) in [7, 11) is 0. The van der Waals surface area contributed by atoms with Crippen LogP contribution in [0.15, 0.2) is 12.1 Å². The molecule has 1 aromatic carbocycles. The summed E-state index contributed by atoms with van der Waals surface area (Å²) in [6.07, 6.45) is 0.973. The fraction of sp³-hybridized carbons (Fsp3) is 0.455. The summed E-state index contributed by atoms with van der Waals surface area (Å²) in [5.41, 5.74) is 6.14. The molecule has 0 saturated heterocycles. The Morgan fingerprint density at radius 2 is 2.06 bits per heavy atom. The van der Waals surface area contributed by atoms with E-state index in [1.807, 2.05) is 29.5 Å². The van der Waals surface area contributed by atoms with E-state index in [1.54, 1.807) is 6.07 Å². The van der Waals surface area contributed by atoms with Crippen LogP contribution in [0.25, 0.3) is 0 Å². The molecule has 0 radical (unpaired) electrons. The van der Waals surface area contributed by atoms with Crippen LogP contribution in [0, 0.1) is 9.39 Å². The van der Waals surface area contributed by atoms with Crippen molar-refractivity contribution in [1.82, 2.24) is 0 Å². The van der Waals surface area contributed by atoms with E-state index in [1.165, 1.54) is 6.07 Å². The van der Waals surface area contributed by atoms with E-state index >= 15 is 0 Å². The third-order valence-electron chi connectivity index (χ3n) is 1.89. The van der Waals surface area contributed by atoms with E-state index in [-0.39, 0.29) is 5.82 Å². The monoisotopic (exact) mass is 339 g/mol. The average molecular weight is 339 g/mol. The third-order valence-corrected chi connectivity index (χ3v) is 2.71. The molecular formula is C11H15FINO2. The molecule has 0 bridgehead atoms. The van der Waals surface area contributed by atoms with E-state index in [9.17, 15) is 4.39 Å². The third kappa shape index (κ3) is 4.13. The van der Waals surface area contributed by atoms with Crippen molar-refractivity contribution in [2.75, 3.05) is 25.6 Å². The minimum absolute atomic E-state index is 0.320. The summed E-state index contributed by atoms with van der Waals surface area (Å²) in [6, 6.07) is 2.86. The Morgan fingerprint density at radius 3 is 2.75 bits per heavy atom. The Morgan fingerprint density at radius 1 is 1.31 bits per heavy atom. The normalized spacial score (nSPS) is 10.4. The predicted molar refractivity (Wildman–Crippen MR) is 70.1 cm³/mol. The zero-order valence-electron chi connectivity index (χ0n) is 9.13. The summed E-state index contributed by atoms with van der Waals surface area (Å²) in [5.74, 6) is 0.0530. The first-order chi connectivity index (χ1) is 7.65. The van der Waals surface area contributed by atoms with Crippen LogP contribution < -0.4 is 10.5 Å². The number of nitrogen functional groups attached to an aromatic ring is 1. The van der Waals surface area contributed by atoms with Gasteiger partial charge in [0.1, 0.15) is 18.2 Å². The van der Waals surface area contributed by atoms with Gasteiger partial charge < -0.3 is 15.2 Å². The van der Waals surface area contributed by atoms with Crippen LogP contribution in [-0.2, 0) is 4.74 Å². The van der Waals surface area contributed by atoms with Crippen molar-refractivity contribution in [3.05, 3.63) is 21.5 Å². The Balaban J connectivity index is 2.45. The molecule has 0 aromatic heterocycles. The fourth-order valence-corrected chi connectivity index (χ4v) is 1.62. The molecule has 0 aliphatic carbocycles. The predicted octanol–water partition coefficient (Wildman–Crippen LogP) is 2.82. The highest BCUT2D eigenvalue weighted by Crippen LogP contribution is 2.26.